The minimum absolute atomic E-state index is 0.0417. The van der Waals surface area contributed by atoms with Crippen molar-refractivity contribution < 1.29 is 4.74 Å². The minimum atomic E-state index is -0.0417. The van der Waals surface area contributed by atoms with Gasteiger partial charge in [0.1, 0.15) is 0 Å². The first-order valence-corrected chi connectivity index (χ1v) is 3.46. The van der Waals surface area contributed by atoms with Gasteiger partial charge in [-0.05, 0) is 19.3 Å². The molecule has 1 nitrogen and oxygen atoms in total. The van der Waals surface area contributed by atoms with Crippen LogP contribution in [-0.4, -0.2) is 12.2 Å². The summed E-state index contributed by atoms with van der Waals surface area (Å²) in [5.74, 6) is 0.634. The second-order valence-electron chi connectivity index (χ2n) is 2.93. The normalized spacial score (nSPS) is 43.1. The molecule has 1 saturated heterocycles. The molecule has 0 radical (unpaired) electrons. The lowest BCUT2D eigenvalue weighted by Gasteiger charge is -2.23. The summed E-state index contributed by atoms with van der Waals surface area (Å²) in [7, 11) is 0. The van der Waals surface area contributed by atoms with Gasteiger partial charge < -0.3 is 4.74 Å². The molecule has 2 atom stereocenters. The number of hydrogen-bond acceptors (Lipinski definition) is 1. The fraction of sp³-hybridized carbons (Fsp3) is 0.750. The summed E-state index contributed by atoms with van der Waals surface area (Å²) in [6.45, 7) is 8.93. The van der Waals surface area contributed by atoms with E-state index >= 15 is 0 Å². The van der Waals surface area contributed by atoms with Crippen molar-refractivity contribution in [3.05, 3.63) is 12.7 Å². The zero-order chi connectivity index (χ0) is 6.91. The molecular formula is C8H14O. The van der Waals surface area contributed by atoms with Gasteiger partial charge in [-0.15, -0.1) is 6.58 Å². The summed E-state index contributed by atoms with van der Waals surface area (Å²) in [6, 6.07) is 0. The highest BCUT2D eigenvalue weighted by Gasteiger charge is 2.33. The van der Waals surface area contributed by atoms with E-state index in [1.54, 1.807) is 0 Å². The average molecular weight is 126 g/mol. The lowest BCUT2D eigenvalue weighted by atomic mass is 9.91. The summed E-state index contributed by atoms with van der Waals surface area (Å²) in [5, 5.41) is 0. The van der Waals surface area contributed by atoms with Crippen molar-refractivity contribution in [2.45, 2.75) is 25.9 Å². The number of rotatable bonds is 1. The molecule has 9 heavy (non-hydrogen) atoms. The smallest absolute Gasteiger partial charge is 0.0858 e. The number of hydrogen-bond donors (Lipinski definition) is 0. The Morgan fingerprint density at radius 1 is 1.78 bits per heavy atom. The zero-order valence-electron chi connectivity index (χ0n) is 6.18. The zero-order valence-corrected chi connectivity index (χ0v) is 6.18. The van der Waals surface area contributed by atoms with E-state index in [2.05, 4.69) is 20.4 Å². The van der Waals surface area contributed by atoms with Crippen molar-refractivity contribution in [1.29, 1.82) is 0 Å². The van der Waals surface area contributed by atoms with E-state index < -0.39 is 0 Å². The average Bonchev–Trinajstić information content (AvgIpc) is 2.15. The van der Waals surface area contributed by atoms with Gasteiger partial charge in [-0.3, -0.25) is 0 Å². The van der Waals surface area contributed by atoms with Crippen molar-refractivity contribution in [3.8, 4) is 0 Å². The van der Waals surface area contributed by atoms with Crippen LogP contribution in [0.3, 0.4) is 0 Å². The van der Waals surface area contributed by atoms with E-state index in [0.717, 1.165) is 6.61 Å². The Bertz CT molecular complexity index is 120. The van der Waals surface area contributed by atoms with Gasteiger partial charge in [0, 0.05) is 6.61 Å². The Hall–Kier alpha value is -0.300. The standard InChI is InChI=1S/C8H14O/c1-4-8(3)7(2)5-6-9-8/h4,7H,1,5-6H2,2-3H3. The van der Waals surface area contributed by atoms with Crippen LogP contribution < -0.4 is 0 Å². The third kappa shape index (κ3) is 1.01. The van der Waals surface area contributed by atoms with Crippen molar-refractivity contribution >= 4 is 0 Å². The van der Waals surface area contributed by atoms with Crippen molar-refractivity contribution in [3.63, 3.8) is 0 Å². The maximum atomic E-state index is 5.48. The lowest BCUT2D eigenvalue weighted by Crippen LogP contribution is -2.26. The third-order valence-electron chi connectivity index (χ3n) is 2.35. The summed E-state index contributed by atoms with van der Waals surface area (Å²) in [6.07, 6.45) is 3.08. The predicted molar refractivity (Wildman–Crippen MR) is 38.3 cm³/mol. The maximum Gasteiger partial charge on any atom is 0.0858 e. The van der Waals surface area contributed by atoms with E-state index in [1.807, 2.05) is 6.08 Å². The Labute approximate surface area is 56.7 Å². The van der Waals surface area contributed by atoms with Crippen molar-refractivity contribution in [2.24, 2.45) is 5.92 Å². The molecule has 0 spiro atoms. The molecule has 0 aliphatic carbocycles. The second-order valence-corrected chi connectivity index (χ2v) is 2.93. The highest BCUT2D eigenvalue weighted by molar-refractivity contribution is 5.00. The first-order chi connectivity index (χ1) is 4.19. The molecule has 0 aromatic rings. The van der Waals surface area contributed by atoms with E-state index in [4.69, 9.17) is 4.74 Å². The Kier molecular flexibility index (Phi) is 1.62. The fourth-order valence-corrected chi connectivity index (χ4v) is 1.14. The van der Waals surface area contributed by atoms with Crippen LogP contribution in [0.25, 0.3) is 0 Å². The van der Waals surface area contributed by atoms with E-state index in [-0.39, 0.29) is 5.60 Å². The largest absolute Gasteiger partial charge is 0.371 e. The van der Waals surface area contributed by atoms with Gasteiger partial charge >= 0.3 is 0 Å². The highest BCUT2D eigenvalue weighted by Crippen LogP contribution is 2.31. The maximum absolute atomic E-state index is 5.48. The van der Waals surface area contributed by atoms with Crippen molar-refractivity contribution in [1.82, 2.24) is 0 Å². The van der Waals surface area contributed by atoms with Crippen LogP contribution in [0.1, 0.15) is 20.3 Å². The molecule has 1 aliphatic heterocycles. The van der Waals surface area contributed by atoms with Gasteiger partial charge in [0.25, 0.3) is 0 Å². The molecule has 0 amide bonds. The minimum Gasteiger partial charge on any atom is -0.371 e. The molecule has 0 aromatic heterocycles. The summed E-state index contributed by atoms with van der Waals surface area (Å²) in [4.78, 5) is 0. The molecule has 1 rings (SSSR count). The highest BCUT2D eigenvalue weighted by atomic mass is 16.5. The predicted octanol–water partition coefficient (Wildman–Crippen LogP) is 1.99. The topological polar surface area (TPSA) is 9.23 Å². The Morgan fingerprint density at radius 3 is 2.67 bits per heavy atom. The molecule has 1 aliphatic rings. The van der Waals surface area contributed by atoms with Gasteiger partial charge in [-0.25, -0.2) is 0 Å². The van der Waals surface area contributed by atoms with Gasteiger partial charge in [0.05, 0.1) is 5.60 Å². The van der Waals surface area contributed by atoms with Crippen LogP contribution >= 0.6 is 0 Å². The SMILES string of the molecule is C=CC1(C)OCCC1C. The van der Waals surface area contributed by atoms with Crippen LogP contribution in [0.4, 0.5) is 0 Å². The molecule has 1 heteroatoms. The Morgan fingerprint density at radius 2 is 2.44 bits per heavy atom. The van der Waals surface area contributed by atoms with Gasteiger partial charge in [0.2, 0.25) is 0 Å². The summed E-state index contributed by atoms with van der Waals surface area (Å²) in [5.41, 5.74) is -0.0417. The van der Waals surface area contributed by atoms with Crippen LogP contribution in [0.5, 0.6) is 0 Å². The van der Waals surface area contributed by atoms with Gasteiger partial charge in [-0.1, -0.05) is 13.0 Å². The fourth-order valence-electron chi connectivity index (χ4n) is 1.14. The molecule has 1 heterocycles. The first-order valence-electron chi connectivity index (χ1n) is 3.46. The van der Waals surface area contributed by atoms with Crippen LogP contribution in [-0.2, 0) is 4.74 Å². The Balaban J connectivity index is 2.66. The van der Waals surface area contributed by atoms with Crippen LogP contribution in [0.2, 0.25) is 0 Å². The molecule has 0 aromatic carbocycles. The molecule has 52 valence electrons. The van der Waals surface area contributed by atoms with E-state index in [0.29, 0.717) is 5.92 Å². The van der Waals surface area contributed by atoms with Gasteiger partial charge in [0.15, 0.2) is 0 Å². The molecule has 2 unspecified atom stereocenters. The van der Waals surface area contributed by atoms with Crippen molar-refractivity contribution in [2.75, 3.05) is 6.61 Å². The second kappa shape index (κ2) is 2.14. The quantitative estimate of drug-likeness (QED) is 0.488. The van der Waals surface area contributed by atoms with Crippen LogP contribution in [0.15, 0.2) is 12.7 Å². The first kappa shape index (κ1) is 6.81. The molecule has 0 saturated carbocycles. The lowest BCUT2D eigenvalue weighted by molar-refractivity contribution is 0.0414. The summed E-state index contributed by atoms with van der Waals surface area (Å²) >= 11 is 0. The third-order valence-corrected chi connectivity index (χ3v) is 2.35. The molecular weight excluding hydrogens is 112 g/mol. The monoisotopic (exact) mass is 126 g/mol. The molecule has 1 fully saturated rings. The number of ether oxygens (including phenoxy) is 1. The van der Waals surface area contributed by atoms with E-state index in [1.165, 1.54) is 6.42 Å². The van der Waals surface area contributed by atoms with Crippen LogP contribution in [0, 0.1) is 5.92 Å². The molecule has 0 N–H and O–H groups in total. The van der Waals surface area contributed by atoms with E-state index in [9.17, 15) is 0 Å². The molecule has 0 bridgehead atoms. The van der Waals surface area contributed by atoms with Gasteiger partial charge in [-0.2, -0.15) is 0 Å². The summed E-state index contributed by atoms with van der Waals surface area (Å²) < 4.78 is 5.48.